The zero-order chi connectivity index (χ0) is 23.8. The maximum absolute atomic E-state index is 13.9. The number of carbonyl (C=O) groups is 1. The summed E-state index contributed by atoms with van der Waals surface area (Å²) in [6.07, 6.45) is 0.568. The number of rotatable bonds is 6. The highest BCUT2D eigenvalue weighted by atomic mass is 19.1. The van der Waals surface area contributed by atoms with E-state index >= 15 is 0 Å². The van der Waals surface area contributed by atoms with Crippen molar-refractivity contribution in [1.29, 1.82) is 0 Å². The summed E-state index contributed by atoms with van der Waals surface area (Å²) in [5, 5.41) is 0.113. The van der Waals surface area contributed by atoms with Gasteiger partial charge in [-0.3, -0.25) is 9.59 Å². The summed E-state index contributed by atoms with van der Waals surface area (Å²) in [4.78, 5) is 28.6. The van der Waals surface area contributed by atoms with E-state index in [0.29, 0.717) is 18.7 Å². The largest absolute Gasteiger partial charge is 0.497 e. The topological polar surface area (TPSA) is 69.0 Å². The van der Waals surface area contributed by atoms with Crippen LogP contribution in [0.1, 0.15) is 33.3 Å². The fourth-order valence-electron chi connectivity index (χ4n) is 4.40. The number of benzene rings is 3. The van der Waals surface area contributed by atoms with Crippen LogP contribution in [-0.4, -0.2) is 31.6 Å². The molecule has 3 aromatic carbocycles. The predicted molar refractivity (Wildman–Crippen MR) is 125 cm³/mol. The van der Waals surface area contributed by atoms with Crippen molar-refractivity contribution in [2.75, 3.05) is 20.8 Å². The van der Waals surface area contributed by atoms with Crippen molar-refractivity contribution in [1.82, 2.24) is 4.90 Å². The second-order valence-electron chi connectivity index (χ2n) is 8.09. The van der Waals surface area contributed by atoms with E-state index in [1.54, 1.807) is 31.3 Å². The summed E-state index contributed by atoms with van der Waals surface area (Å²) in [6, 6.07) is 17.9. The molecule has 0 radical (unpaired) electrons. The molecule has 2 heterocycles. The van der Waals surface area contributed by atoms with Crippen molar-refractivity contribution < 1.29 is 23.1 Å². The molecule has 0 N–H and O–H groups in total. The van der Waals surface area contributed by atoms with Crippen LogP contribution in [-0.2, 0) is 6.42 Å². The van der Waals surface area contributed by atoms with Gasteiger partial charge in [0.15, 0.2) is 5.43 Å². The molecule has 4 aromatic rings. The molecule has 0 spiro atoms. The van der Waals surface area contributed by atoms with Gasteiger partial charge < -0.3 is 18.8 Å². The summed E-state index contributed by atoms with van der Waals surface area (Å²) < 4.78 is 30.2. The van der Waals surface area contributed by atoms with Crippen LogP contribution in [0.2, 0.25) is 0 Å². The van der Waals surface area contributed by atoms with Crippen LogP contribution in [0.25, 0.3) is 11.0 Å². The van der Waals surface area contributed by atoms with Gasteiger partial charge in [0.1, 0.15) is 22.9 Å². The smallest absolute Gasteiger partial charge is 0.290 e. The zero-order valence-electron chi connectivity index (χ0n) is 18.7. The highest BCUT2D eigenvalue weighted by molar-refractivity contribution is 5.99. The van der Waals surface area contributed by atoms with Crippen LogP contribution < -0.4 is 14.9 Å². The number of hydrogen-bond acceptors (Lipinski definition) is 5. The van der Waals surface area contributed by atoms with Gasteiger partial charge in [-0.2, -0.15) is 0 Å². The molecule has 6 nitrogen and oxygen atoms in total. The Labute approximate surface area is 195 Å². The summed E-state index contributed by atoms with van der Waals surface area (Å²) >= 11 is 0. The molecule has 5 rings (SSSR count). The van der Waals surface area contributed by atoms with Gasteiger partial charge in [0, 0.05) is 6.54 Å². The van der Waals surface area contributed by atoms with Crippen molar-refractivity contribution in [2.45, 2.75) is 12.5 Å². The van der Waals surface area contributed by atoms with Crippen molar-refractivity contribution in [3.05, 3.63) is 105 Å². The second kappa shape index (κ2) is 8.67. The Hall–Kier alpha value is -4.13. The third-order valence-electron chi connectivity index (χ3n) is 6.16. The summed E-state index contributed by atoms with van der Waals surface area (Å²) in [5.74, 6) is 0.498. The standard InChI is InChI=1S/C27H22FNO5/c1-32-19-8-3-16(4-9-19)13-14-29-24(17-5-10-20(33-2)11-6-17)23-25(30)21-15-18(28)7-12-22(21)34-26(23)27(29)31/h3-12,15,24H,13-14H2,1-2H3. The molecule has 1 atom stereocenters. The van der Waals surface area contributed by atoms with Gasteiger partial charge in [-0.05, 0) is 60.0 Å². The minimum Gasteiger partial charge on any atom is -0.497 e. The Morgan fingerprint density at radius 3 is 2.21 bits per heavy atom. The highest BCUT2D eigenvalue weighted by Gasteiger charge is 2.42. The van der Waals surface area contributed by atoms with Gasteiger partial charge in [0.05, 0.1) is 31.2 Å². The molecule has 0 fully saturated rings. The molecule has 1 aliphatic rings. The van der Waals surface area contributed by atoms with Gasteiger partial charge in [0.25, 0.3) is 5.91 Å². The molecule has 1 aliphatic heterocycles. The van der Waals surface area contributed by atoms with Crippen LogP contribution in [0.3, 0.4) is 0 Å². The zero-order valence-corrected chi connectivity index (χ0v) is 18.7. The van der Waals surface area contributed by atoms with Crippen LogP contribution in [0, 0.1) is 5.82 Å². The molecule has 0 bridgehead atoms. The lowest BCUT2D eigenvalue weighted by molar-refractivity contribution is 0.0730. The van der Waals surface area contributed by atoms with E-state index in [4.69, 9.17) is 13.9 Å². The van der Waals surface area contributed by atoms with Crippen molar-refractivity contribution in [3.8, 4) is 11.5 Å². The van der Waals surface area contributed by atoms with E-state index in [2.05, 4.69) is 0 Å². The maximum atomic E-state index is 13.9. The molecule has 7 heteroatoms. The minimum atomic E-state index is -0.657. The van der Waals surface area contributed by atoms with E-state index in [0.717, 1.165) is 22.9 Å². The number of methoxy groups -OCH3 is 2. The van der Waals surface area contributed by atoms with Crippen LogP contribution in [0.5, 0.6) is 11.5 Å². The summed E-state index contributed by atoms with van der Waals surface area (Å²) in [5.41, 5.74) is 1.76. The fourth-order valence-corrected chi connectivity index (χ4v) is 4.40. The number of amides is 1. The van der Waals surface area contributed by atoms with Crippen LogP contribution in [0.15, 0.2) is 75.9 Å². The number of ether oxygens (including phenoxy) is 2. The van der Waals surface area contributed by atoms with E-state index in [-0.39, 0.29) is 28.2 Å². The quantitative estimate of drug-likeness (QED) is 0.417. The lowest BCUT2D eigenvalue weighted by atomic mass is 9.98. The van der Waals surface area contributed by atoms with Gasteiger partial charge in [-0.25, -0.2) is 4.39 Å². The molecule has 1 unspecified atom stereocenters. The SMILES string of the molecule is COc1ccc(CCN2C(=O)c3oc4ccc(F)cc4c(=O)c3C2c2ccc(OC)cc2)cc1. The minimum absolute atomic E-state index is 0.000317. The predicted octanol–water partition coefficient (Wildman–Crippen LogP) is 4.74. The molecule has 1 amide bonds. The third-order valence-corrected chi connectivity index (χ3v) is 6.16. The van der Waals surface area contributed by atoms with Gasteiger partial charge in [-0.1, -0.05) is 24.3 Å². The lowest BCUT2D eigenvalue weighted by Crippen LogP contribution is -2.31. The Morgan fingerprint density at radius 1 is 0.912 bits per heavy atom. The van der Waals surface area contributed by atoms with Crippen molar-refractivity contribution in [2.24, 2.45) is 0 Å². The summed E-state index contributed by atoms with van der Waals surface area (Å²) in [6.45, 7) is 0.357. The number of halogens is 1. The Morgan fingerprint density at radius 2 is 1.56 bits per heavy atom. The van der Waals surface area contributed by atoms with Crippen molar-refractivity contribution in [3.63, 3.8) is 0 Å². The normalized spacial score (nSPS) is 15.0. The summed E-state index contributed by atoms with van der Waals surface area (Å²) in [7, 11) is 3.17. The first kappa shape index (κ1) is 21.7. The molecular weight excluding hydrogens is 437 g/mol. The molecule has 1 aromatic heterocycles. The number of carbonyl (C=O) groups excluding carboxylic acids is 1. The Bertz CT molecular complexity index is 1430. The maximum Gasteiger partial charge on any atom is 0.290 e. The van der Waals surface area contributed by atoms with E-state index in [1.807, 2.05) is 36.4 Å². The van der Waals surface area contributed by atoms with Gasteiger partial charge >= 0.3 is 0 Å². The molecule has 0 aliphatic carbocycles. The first-order chi connectivity index (χ1) is 16.5. The van der Waals surface area contributed by atoms with Gasteiger partial charge in [-0.15, -0.1) is 0 Å². The first-order valence-corrected chi connectivity index (χ1v) is 10.8. The molecule has 34 heavy (non-hydrogen) atoms. The van der Waals surface area contributed by atoms with E-state index in [9.17, 15) is 14.0 Å². The number of nitrogens with zero attached hydrogens (tertiary/aromatic N) is 1. The molecular formula is C27H22FNO5. The molecule has 0 saturated heterocycles. The fraction of sp³-hybridized carbons (Fsp3) is 0.185. The van der Waals surface area contributed by atoms with Crippen molar-refractivity contribution >= 4 is 16.9 Å². The Balaban J connectivity index is 1.59. The van der Waals surface area contributed by atoms with Gasteiger partial charge in [0.2, 0.25) is 5.76 Å². The monoisotopic (exact) mass is 459 g/mol. The second-order valence-corrected chi connectivity index (χ2v) is 8.09. The number of fused-ring (bicyclic) bond motifs is 2. The first-order valence-electron chi connectivity index (χ1n) is 10.8. The lowest BCUT2D eigenvalue weighted by Gasteiger charge is -2.25. The third kappa shape index (κ3) is 3.69. The molecule has 172 valence electrons. The van der Waals surface area contributed by atoms with Crippen LogP contribution in [0.4, 0.5) is 4.39 Å². The van der Waals surface area contributed by atoms with Crippen LogP contribution >= 0.6 is 0 Å². The van der Waals surface area contributed by atoms with E-state index in [1.165, 1.54) is 12.1 Å². The molecule has 0 saturated carbocycles. The number of hydrogen-bond donors (Lipinski definition) is 0. The average molecular weight is 459 g/mol. The highest BCUT2D eigenvalue weighted by Crippen LogP contribution is 2.38. The van der Waals surface area contributed by atoms with E-state index < -0.39 is 17.3 Å². The Kier molecular flexibility index (Phi) is 5.53. The average Bonchev–Trinajstić information content (AvgIpc) is 3.15.